The van der Waals surface area contributed by atoms with E-state index in [1.54, 1.807) is 42.6 Å². The Hall–Kier alpha value is -3.13. The van der Waals surface area contributed by atoms with Gasteiger partial charge < -0.3 is 5.32 Å². The Morgan fingerprint density at radius 1 is 0.931 bits per heavy atom. The third-order valence-corrected chi connectivity index (χ3v) is 5.77. The van der Waals surface area contributed by atoms with Crippen molar-refractivity contribution in [1.82, 2.24) is 4.57 Å². The second-order valence-electron chi connectivity index (χ2n) is 7.81. The highest BCUT2D eigenvalue weighted by molar-refractivity contribution is 7.92. The van der Waals surface area contributed by atoms with E-state index in [9.17, 15) is 18.0 Å². The fraction of sp³-hybridized carbons (Fsp3) is 0.238. The molecule has 2 aromatic carbocycles. The molecule has 152 valence electrons. The number of rotatable bonds is 4. The van der Waals surface area contributed by atoms with Crippen LogP contribution < -0.4 is 10.0 Å². The number of amides is 1. The fourth-order valence-corrected chi connectivity index (χ4v) is 3.81. The van der Waals surface area contributed by atoms with Crippen molar-refractivity contribution < 1.29 is 18.0 Å². The van der Waals surface area contributed by atoms with E-state index in [4.69, 9.17) is 0 Å². The van der Waals surface area contributed by atoms with Crippen LogP contribution in [0.2, 0.25) is 0 Å². The monoisotopic (exact) mass is 413 g/mol. The van der Waals surface area contributed by atoms with Gasteiger partial charge >= 0.3 is 0 Å². The van der Waals surface area contributed by atoms with Gasteiger partial charge in [0.2, 0.25) is 11.8 Å². The molecular weight excluding hydrogens is 390 g/mol. The van der Waals surface area contributed by atoms with Gasteiger partial charge in [0.25, 0.3) is 10.0 Å². The molecule has 2 N–H and O–H groups in total. The number of hydrogen-bond acceptors (Lipinski definition) is 4. The third kappa shape index (κ3) is 4.48. The first-order valence-corrected chi connectivity index (χ1v) is 10.5. The van der Waals surface area contributed by atoms with Crippen LogP contribution in [-0.4, -0.2) is 24.8 Å². The van der Waals surface area contributed by atoms with E-state index in [2.05, 4.69) is 10.0 Å². The van der Waals surface area contributed by atoms with Crippen molar-refractivity contribution in [3.05, 3.63) is 54.7 Å². The molecule has 0 radical (unpaired) electrons. The summed E-state index contributed by atoms with van der Waals surface area (Å²) in [7, 11) is -3.81. The van der Waals surface area contributed by atoms with Crippen LogP contribution in [0.5, 0.6) is 0 Å². The number of hydrogen-bond donors (Lipinski definition) is 2. The predicted molar refractivity (Wildman–Crippen MR) is 114 cm³/mol. The molecule has 1 heterocycles. The molecule has 0 unspecified atom stereocenters. The number of carbonyl (C=O) groups excluding carboxylic acids is 2. The Balaban J connectivity index is 1.79. The first-order chi connectivity index (χ1) is 13.5. The van der Waals surface area contributed by atoms with Crippen LogP contribution >= 0.6 is 0 Å². The summed E-state index contributed by atoms with van der Waals surface area (Å²) in [5, 5.41) is 3.44. The highest BCUT2D eigenvalue weighted by Gasteiger charge is 2.21. The lowest BCUT2D eigenvalue weighted by molar-refractivity contribution is -0.123. The fourth-order valence-electron chi connectivity index (χ4n) is 2.72. The van der Waals surface area contributed by atoms with Gasteiger partial charge in [-0.2, -0.15) is 0 Å². The molecule has 3 rings (SSSR count). The average Bonchev–Trinajstić information content (AvgIpc) is 3.06. The van der Waals surface area contributed by atoms with Gasteiger partial charge in [-0.1, -0.05) is 20.8 Å². The Morgan fingerprint density at radius 3 is 2.14 bits per heavy atom. The normalized spacial score (nSPS) is 12.0. The highest BCUT2D eigenvalue weighted by Crippen LogP contribution is 2.24. The first-order valence-electron chi connectivity index (χ1n) is 9.04. The number of sulfonamides is 1. The summed E-state index contributed by atoms with van der Waals surface area (Å²) in [6.07, 6.45) is 1.61. The number of benzene rings is 2. The van der Waals surface area contributed by atoms with Gasteiger partial charge in [-0.05, 0) is 48.5 Å². The minimum atomic E-state index is -3.81. The van der Waals surface area contributed by atoms with Crippen LogP contribution in [0.4, 0.5) is 11.4 Å². The number of carbonyl (C=O) groups is 2. The van der Waals surface area contributed by atoms with Gasteiger partial charge in [-0.25, -0.2) is 8.42 Å². The maximum atomic E-state index is 12.7. The van der Waals surface area contributed by atoms with E-state index in [0.717, 1.165) is 0 Å². The maximum absolute atomic E-state index is 12.7. The van der Waals surface area contributed by atoms with E-state index in [1.807, 2.05) is 20.8 Å². The zero-order valence-corrected chi connectivity index (χ0v) is 17.5. The molecule has 0 aliphatic rings. The molecule has 29 heavy (non-hydrogen) atoms. The molecule has 3 aromatic rings. The van der Waals surface area contributed by atoms with E-state index in [0.29, 0.717) is 22.3 Å². The van der Waals surface area contributed by atoms with E-state index < -0.39 is 15.4 Å². The summed E-state index contributed by atoms with van der Waals surface area (Å²) >= 11 is 0. The minimum absolute atomic E-state index is 0.0939. The first kappa shape index (κ1) is 20.6. The Morgan fingerprint density at radius 2 is 1.55 bits per heavy atom. The number of aromatic nitrogens is 1. The molecule has 7 nitrogen and oxygen atoms in total. The van der Waals surface area contributed by atoms with Crippen molar-refractivity contribution in [3.8, 4) is 0 Å². The largest absolute Gasteiger partial charge is 0.326 e. The van der Waals surface area contributed by atoms with Crippen molar-refractivity contribution in [1.29, 1.82) is 0 Å². The Bertz CT molecular complexity index is 1190. The summed E-state index contributed by atoms with van der Waals surface area (Å²) in [4.78, 5) is 23.7. The lowest BCUT2D eigenvalue weighted by Gasteiger charge is -2.17. The van der Waals surface area contributed by atoms with E-state index >= 15 is 0 Å². The van der Waals surface area contributed by atoms with Gasteiger partial charge in [0, 0.05) is 35.3 Å². The van der Waals surface area contributed by atoms with E-state index in [1.165, 1.54) is 23.6 Å². The average molecular weight is 413 g/mol. The van der Waals surface area contributed by atoms with Crippen LogP contribution in [0, 0.1) is 5.41 Å². The van der Waals surface area contributed by atoms with Crippen molar-refractivity contribution in [3.63, 3.8) is 0 Å². The summed E-state index contributed by atoms with van der Waals surface area (Å²) in [6.45, 7) is 6.88. The maximum Gasteiger partial charge on any atom is 0.261 e. The number of nitrogens with one attached hydrogen (secondary N) is 2. The standard InChI is InChI=1S/C21H23N3O4S/c1-14(25)24-12-11-15-13-18(9-10-19(15)24)29(27,28)23-17-7-5-16(6-8-17)22-20(26)21(2,3)4/h5-13,23H,1-4H3,(H,22,26). The molecule has 0 bridgehead atoms. The lowest BCUT2D eigenvalue weighted by atomic mass is 9.95. The smallest absolute Gasteiger partial charge is 0.261 e. The second-order valence-corrected chi connectivity index (χ2v) is 9.49. The van der Waals surface area contributed by atoms with Crippen LogP contribution in [-0.2, 0) is 14.8 Å². The molecule has 0 aliphatic carbocycles. The molecule has 1 amide bonds. The third-order valence-electron chi connectivity index (χ3n) is 4.39. The molecule has 0 aliphatic heterocycles. The summed E-state index contributed by atoms with van der Waals surface area (Å²) in [5.74, 6) is -0.274. The molecule has 0 saturated heterocycles. The predicted octanol–water partition coefficient (Wildman–Crippen LogP) is 4.09. The molecule has 0 spiro atoms. The van der Waals surface area contributed by atoms with Crippen molar-refractivity contribution >= 4 is 44.1 Å². The lowest BCUT2D eigenvalue weighted by Crippen LogP contribution is -2.27. The van der Waals surface area contributed by atoms with Crippen LogP contribution in [0.25, 0.3) is 10.9 Å². The zero-order chi connectivity index (χ0) is 21.4. The van der Waals surface area contributed by atoms with Crippen molar-refractivity contribution in [2.75, 3.05) is 10.0 Å². The summed E-state index contributed by atoms with van der Waals surface area (Å²) < 4.78 is 29.4. The quantitative estimate of drug-likeness (QED) is 0.673. The summed E-state index contributed by atoms with van der Waals surface area (Å²) in [5.41, 5.74) is 1.08. The topological polar surface area (TPSA) is 97.3 Å². The van der Waals surface area contributed by atoms with Gasteiger partial charge in [0.15, 0.2) is 0 Å². The number of fused-ring (bicyclic) bond motifs is 1. The second kappa shape index (κ2) is 7.36. The van der Waals surface area contributed by atoms with Gasteiger partial charge in [-0.15, -0.1) is 0 Å². The Kier molecular flexibility index (Phi) is 5.23. The molecule has 0 fully saturated rings. The van der Waals surface area contributed by atoms with Gasteiger partial charge in [0.1, 0.15) is 0 Å². The molecule has 1 aromatic heterocycles. The van der Waals surface area contributed by atoms with Crippen LogP contribution in [0.3, 0.4) is 0 Å². The Labute approximate surface area is 169 Å². The highest BCUT2D eigenvalue weighted by atomic mass is 32.2. The van der Waals surface area contributed by atoms with Crippen molar-refractivity contribution in [2.24, 2.45) is 5.41 Å². The molecule has 0 saturated carbocycles. The van der Waals surface area contributed by atoms with Gasteiger partial charge in [-0.3, -0.25) is 18.9 Å². The zero-order valence-electron chi connectivity index (χ0n) is 16.7. The van der Waals surface area contributed by atoms with Crippen molar-refractivity contribution in [2.45, 2.75) is 32.6 Å². The SMILES string of the molecule is CC(=O)n1ccc2cc(S(=O)(=O)Nc3ccc(NC(=O)C(C)(C)C)cc3)ccc21. The minimum Gasteiger partial charge on any atom is -0.326 e. The van der Waals surface area contributed by atoms with E-state index in [-0.39, 0.29) is 16.7 Å². The summed E-state index contributed by atoms with van der Waals surface area (Å²) in [6, 6.07) is 12.7. The van der Waals surface area contributed by atoms with Gasteiger partial charge in [0.05, 0.1) is 10.4 Å². The number of anilines is 2. The molecule has 0 atom stereocenters. The number of nitrogens with zero attached hydrogens (tertiary/aromatic N) is 1. The molecular formula is C21H23N3O4S. The van der Waals surface area contributed by atoms with Crippen LogP contribution in [0.1, 0.15) is 32.5 Å². The molecule has 8 heteroatoms. The van der Waals surface area contributed by atoms with Crippen LogP contribution in [0.15, 0.2) is 59.6 Å².